The van der Waals surface area contributed by atoms with Crippen LogP contribution in [0.5, 0.6) is 0 Å². The molecule has 17 heavy (non-hydrogen) atoms. The van der Waals surface area contributed by atoms with Crippen molar-refractivity contribution in [2.45, 2.75) is 31.7 Å². The second kappa shape index (κ2) is 5.64. The van der Waals surface area contributed by atoms with E-state index in [2.05, 4.69) is 11.9 Å². The average molecular weight is 260 g/mol. The minimum atomic E-state index is -3.36. The molecule has 0 spiro atoms. The molecule has 1 aliphatic carbocycles. The summed E-state index contributed by atoms with van der Waals surface area (Å²) in [5.74, 6) is -0.286. The molecule has 1 fully saturated rings. The number of carbonyl (C=O) groups excluding carboxylic acids is 1. The van der Waals surface area contributed by atoms with E-state index in [1.54, 1.807) is 0 Å². The van der Waals surface area contributed by atoms with Crippen LogP contribution in [0, 0.1) is 0 Å². The molecule has 0 aromatic rings. The quantitative estimate of drug-likeness (QED) is 0.748. The maximum absolute atomic E-state index is 11.7. The number of hydrogen-bond donors (Lipinski definition) is 1. The number of rotatable bonds is 4. The van der Waals surface area contributed by atoms with E-state index in [1.807, 2.05) is 0 Å². The molecule has 1 unspecified atom stereocenters. The van der Waals surface area contributed by atoms with Gasteiger partial charge in [0.2, 0.25) is 15.9 Å². The Morgan fingerprint density at radius 3 is 2.71 bits per heavy atom. The van der Waals surface area contributed by atoms with Crippen LogP contribution in [0.1, 0.15) is 25.7 Å². The van der Waals surface area contributed by atoms with Gasteiger partial charge in [-0.05, 0) is 25.7 Å². The van der Waals surface area contributed by atoms with Crippen molar-refractivity contribution in [3.8, 4) is 0 Å². The van der Waals surface area contributed by atoms with Crippen LogP contribution in [0.25, 0.3) is 0 Å². The van der Waals surface area contributed by atoms with Gasteiger partial charge in [0.05, 0.1) is 12.8 Å². The number of likely N-dealkylation sites (N-methyl/N-ethyl adjacent to an activating group) is 1. The molecule has 0 radical (unpaired) electrons. The molecule has 1 atom stereocenters. The van der Waals surface area contributed by atoms with Crippen molar-refractivity contribution in [1.29, 1.82) is 0 Å². The van der Waals surface area contributed by atoms with Gasteiger partial charge in [0.1, 0.15) is 0 Å². The minimum absolute atomic E-state index is 0.104. The summed E-state index contributed by atoms with van der Waals surface area (Å²) in [5, 5.41) is 2.45. The topological polar surface area (TPSA) is 66.5 Å². The van der Waals surface area contributed by atoms with E-state index < -0.39 is 10.0 Å². The monoisotopic (exact) mass is 260 g/mol. The summed E-state index contributed by atoms with van der Waals surface area (Å²) in [4.78, 5) is 11.4. The highest BCUT2D eigenvalue weighted by Gasteiger charge is 2.30. The summed E-state index contributed by atoms with van der Waals surface area (Å²) in [6, 6.07) is -0.122. The van der Waals surface area contributed by atoms with Gasteiger partial charge in [-0.2, -0.15) is 4.31 Å². The van der Waals surface area contributed by atoms with Crippen LogP contribution in [-0.4, -0.2) is 44.5 Å². The minimum Gasteiger partial charge on any atom is -0.358 e. The standard InChI is InChI=1S/C11H20N2O3S/c1-9-5-4-6-10(7-9)13(17(3,15)16)8-11(14)12-2/h10H,1,4-8H2,2-3H3,(H,12,14). The van der Waals surface area contributed by atoms with Crippen LogP contribution in [0.4, 0.5) is 0 Å². The van der Waals surface area contributed by atoms with E-state index in [0.717, 1.165) is 31.1 Å². The lowest BCUT2D eigenvalue weighted by atomic mass is 9.92. The van der Waals surface area contributed by atoms with E-state index in [9.17, 15) is 13.2 Å². The van der Waals surface area contributed by atoms with Gasteiger partial charge in [-0.1, -0.05) is 12.2 Å². The third kappa shape index (κ3) is 4.12. The Hall–Kier alpha value is -0.880. The molecular weight excluding hydrogens is 240 g/mol. The van der Waals surface area contributed by atoms with Crippen LogP contribution in [0.15, 0.2) is 12.2 Å². The van der Waals surface area contributed by atoms with Crippen LogP contribution in [0.3, 0.4) is 0 Å². The molecule has 0 saturated heterocycles. The molecule has 1 aliphatic rings. The lowest BCUT2D eigenvalue weighted by Crippen LogP contribution is -2.46. The highest BCUT2D eigenvalue weighted by Crippen LogP contribution is 2.27. The van der Waals surface area contributed by atoms with E-state index in [4.69, 9.17) is 0 Å². The van der Waals surface area contributed by atoms with E-state index in [1.165, 1.54) is 11.4 Å². The maximum Gasteiger partial charge on any atom is 0.235 e. The first-order valence-electron chi connectivity index (χ1n) is 5.68. The van der Waals surface area contributed by atoms with E-state index >= 15 is 0 Å². The van der Waals surface area contributed by atoms with Crippen LogP contribution in [-0.2, 0) is 14.8 Å². The number of hydrogen-bond acceptors (Lipinski definition) is 3. The molecule has 0 aliphatic heterocycles. The largest absolute Gasteiger partial charge is 0.358 e. The summed E-state index contributed by atoms with van der Waals surface area (Å²) < 4.78 is 24.7. The smallest absolute Gasteiger partial charge is 0.235 e. The first-order chi connectivity index (χ1) is 7.84. The van der Waals surface area contributed by atoms with Crippen molar-refractivity contribution in [3.05, 3.63) is 12.2 Å². The van der Waals surface area contributed by atoms with Crippen molar-refractivity contribution in [2.75, 3.05) is 19.8 Å². The Morgan fingerprint density at radius 1 is 1.59 bits per heavy atom. The van der Waals surface area contributed by atoms with Crippen molar-refractivity contribution in [2.24, 2.45) is 0 Å². The molecule has 5 nitrogen and oxygen atoms in total. The Kier molecular flexibility index (Phi) is 4.70. The SMILES string of the molecule is C=C1CCCC(N(CC(=O)NC)S(C)(=O)=O)C1. The fraction of sp³-hybridized carbons (Fsp3) is 0.727. The van der Waals surface area contributed by atoms with Gasteiger partial charge in [-0.25, -0.2) is 8.42 Å². The van der Waals surface area contributed by atoms with Crippen molar-refractivity contribution in [1.82, 2.24) is 9.62 Å². The van der Waals surface area contributed by atoms with Crippen molar-refractivity contribution >= 4 is 15.9 Å². The zero-order valence-corrected chi connectivity index (χ0v) is 11.2. The number of amides is 1. The van der Waals surface area contributed by atoms with Gasteiger partial charge in [0, 0.05) is 13.1 Å². The van der Waals surface area contributed by atoms with Crippen molar-refractivity contribution < 1.29 is 13.2 Å². The summed E-state index contributed by atoms with van der Waals surface area (Å²) in [7, 11) is -1.86. The van der Waals surface area contributed by atoms with Gasteiger partial charge in [0.25, 0.3) is 0 Å². The van der Waals surface area contributed by atoms with Crippen LogP contribution >= 0.6 is 0 Å². The number of carbonyl (C=O) groups is 1. The van der Waals surface area contributed by atoms with Gasteiger partial charge < -0.3 is 5.32 Å². The Balaban J connectivity index is 2.82. The molecule has 0 aromatic heterocycles. The number of nitrogens with zero attached hydrogens (tertiary/aromatic N) is 1. The molecule has 0 aromatic carbocycles. The zero-order valence-electron chi connectivity index (χ0n) is 10.4. The second-order valence-corrected chi connectivity index (χ2v) is 6.42. The molecule has 0 heterocycles. The number of nitrogens with one attached hydrogen (secondary N) is 1. The van der Waals surface area contributed by atoms with Gasteiger partial charge >= 0.3 is 0 Å². The third-order valence-corrected chi connectivity index (χ3v) is 4.28. The first-order valence-corrected chi connectivity index (χ1v) is 7.53. The first kappa shape index (κ1) is 14.2. The molecule has 1 saturated carbocycles. The summed E-state index contributed by atoms with van der Waals surface area (Å²) in [5.41, 5.74) is 1.06. The van der Waals surface area contributed by atoms with E-state index in [0.29, 0.717) is 6.42 Å². The normalized spacial score (nSPS) is 21.6. The molecule has 98 valence electrons. The number of sulfonamides is 1. The maximum atomic E-state index is 11.7. The lowest BCUT2D eigenvalue weighted by molar-refractivity contribution is -0.121. The lowest BCUT2D eigenvalue weighted by Gasteiger charge is -2.32. The molecule has 6 heteroatoms. The van der Waals surface area contributed by atoms with Crippen molar-refractivity contribution in [3.63, 3.8) is 0 Å². The summed E-state index contributed by atoms with van der Waals surface area (Å²) in [6.45, 7) is 3.80. The Labute approximate surface area is 103 Å². The highest BCUT2D eigenvalue weighted by atomic mass is 32.2. The average Bonchev–Trinajstić information content (AvgIpc) is 2.23. The van der Waals surface area contributed by atoms with E-state index in [-0.39, 0.29) is 18.5 Å². The molecule has 1 N–H and O–H groups in total. The fourth-order valence-electron chi connectivity index (χ4n) is 2.11. The zero-order chi connectivity index (χ0) is 13.1. The highest BCUT2D eigenvalue weighted by molar-refractivity contribution is 7.88. The second-order valence-electron chi connectivity index (χ2n) is 4.48. The van der Waals surface area contributed by atoms with Crippen LogP contribution < -0.4 is 5.32 Å². The molecule has 1 amide bonds. The van der Waals surface area contributed by atoms with Gasteiger partial charge in [-0.15, -0.1) is 0 Å². The van der Waals surface area contributed by atoms with Crippen LogP contribution in [0.2, 0.25) is 0 Å². The molecule has 1 rings (SSSR count). The third-order valence-electron chi connectivity index (χ3n) is 3.00. The predicted molar refractivity (Wildman–Crippen MR) is 67.0 cm³/mol. The fourth-order valence-corrected chi connectivity index (χ4v) is 3.18. The predicted octanol–water partition coefficient (Wildman–Crippen LogP) is 0.493. The molecular formula is C11H20N2O3S. The summed E-state index contributed by atoms with van der Waals surface area (Å²) in [6.07, 6.45) is 4.48. The molecule has 0 bridgehead atoms. The summed E-state index contributed by atoms with van der Waals surface area (Å²) >= 11 is 0. The van der Waals surface area contributed by atoms with Gasteiger partial charge in [-0.3, -0.25) is 4.79 Å². The Morgan fingerprint density at radius 2 is 2.24 bits per heavy atom. The Bertz CT molecular complexity index is 403. The van der Waals surface area contributed by atoms with Gasteiger partial charge in [0.15, 0.2) is 0 Å².